The molecule has 0 saturated carbocycles. The van der Waals surface area contributed by atoms with Crippen LogP contribution in [0.1, 0.15) is 17.3 Å². The van der Waals surface area contributed by atoms with Crippen LogP contribution in [-0.2, 0) is 4.79 Å². The largest absolute Gasteiger partial charge is 0.480 e. The number of benzene rings is 1. The first-order chi connectivity index (χ1) is 7.41. The number of carboxylic acids is 1. The van der Waals surface area contributed by atoms with Gasteiger partial charge in [-0.2, -0.15) is 0 Å². The molecule has 0 bridgehead atoms. The maximum atomic E-state index is 13.0. The van der Waals surface area contributed by atoms with E-state index in [1.165, 1.54) is 19.1 Å². The van der Waals surface area contributed by atoms with Crippen molar-refractivity contribution in [1.82, 2.24) is 5.32 Å². The lowest BCUT2D eigenvalue weighted by Crippen LogP contribution is -2.38. The van der Waals surface area contributed by atoms with Gasteiger partial charge >= 0.3 is 5.97 Å². The van der Waals surface area contributed by atoms with Crippen LogP contribution >= 0.6 is 11.6 Å². The standard InChI is InChI=1S/C10H9ClFNO3/c1-5(10(15)16)13-9(14)6-2-3-7(11)8(12)4-6/h2-5H,1H3,(H,13,14)(H,15,16)/t5-/m0/s1. The molecule has 0 aliphatic heterocycles. The van der Waals surface area contributed by atoms with Crippen molar-refractivity contribution < 1.29 is 19.1 Å². The maximum Gasteiger partial charge on any atom is 0.325 e. The Balaban J connectivity index is 2.81. The molecule has 4 nitrogen and oxygen atoms in total. The van der Waals surface area contributed by atoms with E-state index in [1.807, 2.05) is 0 Å². The fourth-order valence-electron chi connectivity index (χ4n) is 0.979. The van der Waals surface area contributed by atoms with Gasteiger partial charge in [0.1, 0.15) is 11.9 Å². The first-order valence-corrected chi connectivity index (χ1v) is 4.78. The molecule has 0 radical (unpaired) electrons. The van der Waals surface area contributed by atoms with Gasteiger partial charge in [-0.1, -0.05) is 11.6 Å². The van der Waals surface area contributed by atoms with E-state index in [-0.39, 0.29) is 10.6 Å². The van der Waals surface area contributed by atoms with Gasteiger partial charge in [0.05, 0.1) is 5.02 Å². The van der Waals surface area contributed by atoms with Crippen LogP contribution in [-0.4, -0.2) is 23.0 Å². The molecular formula is C10H9ClFNO3. The second kappa shape index (κ2) is 4.94. The molecule has 0 aliphatic carbocycles. The molecule has 1 rings (SSSR count). The highest BCUT2D eigenvalue weighted by Crippen LogP contribution is 2.15. The van der Waals surface area contributed by atoms with Crippen molar-refractivity contribution in [2.24, 2.45) is 0 Å². The van der Waals surface area contributed by atoms with E-state index in [0.717, 1.165) is 6.07 Å². The first-order valence-electron chi connectivity index (χ1n) is 4.40. The van der Waals surface area contributed by atoms with Crippen LogP contribution in [0.3, 0.4) is 0 Å². The molecule has 86 valence electrons. The number of amides is 1. The Hall–Kier alpha value is -1.62. The normalized spacial score (nSPS) is 11.9. The Bertz CT molecular complexity index is 436. The molecule has 2 N–H and O–H groups in total. The number of carbonyl (C=O) groups is 2. The number of carbonyl (C=O) groups excluding carboxylic acids is 1. The van der Waals surface area contributed by atoms with E-state index in [2.05, 4.69) is 5.32 Å². The lowest BCUT2D eigenvalue weighted by atomic mass is 10.2. The average Bonchev–Trinajstić information content (AvgIpc) is 2.21. The van der Waals surface area contributed by atoms with Crippen LogP contribution in [0, 0.1) is 5.82 Å². The summed E-state index contributed by atoms with van der Waals surface area (Å²) in [5.74, 6) is -2.55. The molecule has 16 heavy (non-hydrogen) atoms. The third kappa shape index (κ3) is 2.93. The van der Waals surface area contributed by atoms with Gasteiger partial charge in [-0.3, -0.25) is 9.59 Å². The molecule has 0 spiro atoms. The molecule has 0 fully saturated rings. The smallest absolute Gasteiger partial charge is 0.325 e. The average molecular weight is 246 g/mol. The SMILES string of the molecule is C[C@H](NC(=O)c1ccc(Cl)c(F)c1)C(=O)O. The molecule has 1 amide bonds. The Morgan fingerprint density at radius 3 is 2.62 bits per heavy atom. The van der Waals surface area contributed by atoms with Gasteiger partial charge in [-0.05, 0) is 25.1 Å². The van der Waals surface area contributed by atoms with Crippen molar-refractivity contribution in [3.8, 4) is 0 Å². The fourth-order valence-corrected chi connectivity index (χ4v) is 1.10. The van der Waals surface area contributed by atoms with Crippen LogP contribution in [0.4, 0.5) is 4.39 Å². The highest BCUT2D eigenvalue weighted by atomic mass is 35.5. The van der Waals surface area contributed by atoms with Crippen LogP contribution in [0.25, 0.3) is 0 Å². The molecule has 1 atom stereocenters. The van der Waals surface area contributed by atoms with Crippen LogP contribution in [0.5, 0.6) is 0 Å². The first kappa shape index (κ1) is 12.4. The van der Waals surface area contributed by atoms with E-state index in [4.69, 9.17) is 16.7 Å². The quantitative estimate of drug-likeness (QED) is 0.852. The zero-order valence-corrected chi connectivity index (χ0v) is 9.08. The zero-order valence-electron chi connectivity index (χ0n) is 8.33. The van der Waals surface area contributed by atoms with E-state index < -0.39 is 23.7 Å². The predicted molar refractivity (Wildman–Crippen MR) is 56.0 cm³/mol. The number of nitrogens with one attached hydrogen (secondary N) is 1. The van der Waals surface area contributed by atoms with Crippen molar-refractivity contribution in [1.29, 1.82) is 0 Å². The number of hydrogen-bond donors (Lipinski definition) is 2. The van der Waals surface area contributed by atoms with Crippen molar-refractivity contribution in [3.05, 3.63) is 34.6 Å². The Kier molecular flexibility index (Phi) is 3.84. The van der Waals surface area contributed by atoms with Gasteiger partial charge in [0.15, 0.2) is 0 Å². The lowest BCUT2D eigenvalue weighted by molar-refractivity contribution is -0.138. The summed E-state index contributed by atoms with van der Waals surface area (Å²) in [6.07, 6.45) is 0. The van der Waals surface area contributed by atoms with E-state index in [9.17, 15) is 14.0 Å². The summed E-state index contributed by atoms with van der Waals surface area (Å²) in [5.41, 5.74) is 0.0231. The minimum Gasteiger partial charge on any atom is -0.480 e. The Morgan fingerprint density at radius 1 is 1.50 bits per heavy atom. The Morgan fingerprint density at radius 2 is 2.12 bits per heavy atom. The van der Waals surface area contributed by atoms with Gasteiger partial charge in [0, 0.05) is 5.56 Å². The molecule has 1 aromatic carbocycles. The van der Waals surface area contributed by atoms with E-state index in [1.54, 1.807) is 0 Å². The van der Waals surface area contributed by atoms with Gasteiger partial charge < -0.3 is 10.4 Å². The third-order valence-corrected chi connectivity index (χ3v) is 2.21. The van der Waals surface area contributed by atoms with Crippen molar-refractivity contribution in [2.75, 3.05) is 0 Å². The fraction of sp³-hybridized carbons (Fsp3) is 0.200. The second-order valence-electron chi connectivity index (χ2n) is 3.16. The monoisotopic (exact) mass is 245 g/mol. The number of rotatable bonds is 3. The van der Waals surface area contributed by atoms with E-state index in [0.29, 0.717) is 0 Å². The predicted octanol–water partition coefficient (Wildman–Crippen LogP) is 1.68. The summed E-state index contributed by atoms with van der Waals surface area (Å²) in [4.78, 5) is 21.9. The molecule has 0 aliphatic rings. The highest BCUT2D eigenvalue weighted by Gasteiger charge is 2.15. The van der Waals surface area contributed by atoms with Gasteiger partial charge in [-0.25, -0.2) is 4.39 Å². The van der Waals surface area contributed by atoms with Crippen LogP contribution in [0.15, 0.2) is 18.2 Å². The molecule has 0 saturated heterocycles. The summed E-state index contributed by atoms with van der Waals surface area (Å²) in [7, 11) is 0. The molecule has 0 aromatic heterocycles. The molecule has 1 aromatic rings. The van der Waals surface area contributed by atoms with E-state index >= 15 is 0 Å². The molecule has 0 heterocycles. The summed E-state index contributed by atoms with van der Waals surface area (Å²) < 4.78 is 13.0. The number of halogens is 2. The van der Waals surface area contributed by atoms with Crippen molar-refractivity contribution in [2.45, 2.75) is 13.0 Å². The van der Waals surface area contributed by atoms with Crippen molar-refractivity contribution >= 4 is 23.5 Å². The number of aliphatic carboxylic acids is 1. The molecular weight excluding hydrogens is 237 g/mol. The lowest BCUT2D eigenvalue weighted by Gasteiger charge is -2.09. The summed E-state index contributed by atoms with van der Waals surface area (Å²) in [5, 5.41) is 10.7. The highest BCUT2D eigenvalue weighted by molar-refractivity contribution is 6.30. The van der Waals surface area contributed by atoms with Gasteiger partial charge in [0.2, 0.25) is 0 Å². The molecule has 6 heteroatoms. The topological polar surface area (TPSA) is 66.4 Å². The van der Waals surface area contributed by atoms with Gasteiger partial charge in [0.25, 0.3) is 5.91 Å². The minimum absolute atomic E-state index is 0.0231. The zero-order chi connectivity index (χ0) is 12.3. The summed E-state index contributed by atoms with van der Waals surface area (Å²) in [6.45, 7) is 1.31. The van der Waals surface area contributed by atoms with Gasteiger partial charge in [-0.15, -0.1) is 0 Å². The number of carboxylic acid groups (broad SMARTS) is 1. The number of hydrogen-bond acceptors (Lipinski definition) is 2. The van der Waals surface area contributed by atoms with Crippen LogP contribution < -0.4 is 5.32 Å². The minimum atomic E-state index is -1.16. The Labute approximate surface area is 96.0 Å². The van der Waals surface area contributed by atoms with Crippen molar-refractivity contribution in [3.63, 3.8) is 0 Å². The summed E-state index contributed by atoms with van der Waals surface area (Å²) in [6, 6.07) is 2.46. The third-order valence-electron chi connectivity index (χ3n) is 1.90. The second-order valence-corrected chi connectivity index (χ2v) is 3.57. The maximum absolute atomic E-state index is 13.0. The van der Waals surface area contributed by atoms with Crippen LogP contribution in [0.2, 0.25) is 5.02 Å². The molecule has 0 unspecified atom stereocenters. The summed E-state index contributed by atoms with van der Waals surface area (Å²) >= 11 is 5.44.